The van der Waals surface area contributed by atoms with E-state index in [0.717, 1.165) is 5.57 Å². The van der Waals surface area contributed by atoms with E-state index in [-0.39, 0.29) is 11.3 Å². The third-order valence-corrected chi connectivity index (χ3v) is 3.32. The Kier molecular flexibility index (Phi) is 2.57. The molecule has 0 bridgehead atoms. The smallest absolute Gasteiger partial charge is 0.253 e. The molecule has 1 rings (SSSR count). The molecule has 0 saturated heterocycles. The quantitative estimate of drug-likeness (QED) is 0.626. The summed E-state index contributed by atoms with van der Waals surface area (Å²) in [5.74, 6) is 0.104. The molecule has 0 aromatic rings. The van der Waals surface area contributed by atoms with Gasteiger partial charge in [0.2, 0.25) is 0 Å². The molecule has 0 fully saturated rings. The Balaban J connectivity index is 3.14. The summed E-state index contributed by atoms with van der Waals surface area (Å²) in [5.41, 5.74) is 3.34. The lowest BCUT2D eigenvalue weighted by Crippen LogP contribution is -2.23. The number of amides is 1. The van der Waals surface area contributed by atoms with E-state index < -0.39 is 0 Å². The lowest BCUT2D eigenvalue weighted by molar-refractivity contribution is -0.124. The standard InChI is InChI=1S/C12H19NO/c1-8-7-10(11(14)13(5)6)9(2)12(8,3)4/h7H,1-6H3. The first-order valence-corrected chi connectivity index (χ1v) is 4.90. The Hall–Kier alpha value is -1.05. The highest BCUT2D eigenvalue weighted by atomic mass is 16.2. The van der Waals surface area contributed by atoms with Gasteiger partial charge in [-0.25, -0.2) is 0 Å². The maximum absolute atomic E-state index is 11.8. The van der Waals surface area contributed by atoms with Crippen LogP contribution in [-0.4, -0.2) is 24.9 Å². The van der Waals surface area contributed by atoms with Gasteiger partial charge in [-0.05, 0) is 19.9 Å². The van der Waals surface area contributed by atoms with Gasteiger partial charge in [-0.1, -0.05) is 25.0 Å². The van der Waals surface area contributed by atoms with Gasteiger partial charge in [-0.3, -0.25) is 4.79 Å². The lowest BCUT2D eigenvalue weighted by Gasteiger charge is -2.23. The Morgan fingerprint density at radius 2 is 1.79 bits per heavy atom. The van der Waals surface area contributed by atoms with Crippen LogP contribution in [0.1, 0.15) is 27.7 Å². The zero-order valence-corrected chi connectivity index (χ0v) is 9.93. The molecule has 0 unspecified atom stereocenters. The van der Waals surface area contributed by atoms with Crippen molar-refractivity contribution in [1.29, 1.82) is 0 Å². The molecular formula is C12H19NO. The van der Waals surface area contributed by atoms with E-state index in [9.17, 15) is 4.79 Å². The third-order valence-electron chi connectivity index (χ3n) is 3.32. The number of likely N-dealkylation sites (N-methyl/N-ethyl adjacent to an activating group) is 1. The molecule has 78 valence electrons. The number of nitrogens with zero attached hydrogens (tertiary/aromatic N) is 1. The van der Waals surface area contributed by atoms with Gasteiger partial charge in [0.1, 0.15) is 0 Å². The number of allylic oxidation sites excluding steroid dienone is 2. The van der Waals surface area contributed by atoms with Gasteiger partial charge in [-0.15, -0.1) is 0 Å². The molecule has 0 heterocycles. The van der Waals surface area contributed by atoms with Crippen LogP contribution in [0.15, 0.2) is 22.8 Å². The number of carbonyl (C=O) groups is 1. The van der Waals surface area contributed by atoms with Crippen molar-refractivity contribution in [3.8, 4) is 0 Å². The minimum absolute atomic E-state index is 0.0427. The van der Waals surface area contributed by atoms with Crippen LogP contribution in [0.4, 0.5) is 0 Å². The molecule has 0 saturated carbocycles. The first-order valence-electron chi connectivity index (χ1n) is 4.90. The first kappa shape index (κ1) is 11.0. The highest BCUT2D eigenvalue weighted by Crippen LogP contribution is 2.42. The Bertz CT molecular complexity index is 332. The molecule has 0 aromatic heterocycles. The second-order valence-electron chi connectivity index (χ2n) is 4.69. The van der Waals surface area contributed by atoms with E-state index >= 15 is 0 Å². The second kappa shape index (κ2) is 3.26. The molecule has 0 N–H and O–H groups in total. The SMILES string of the molecule is CC1=CC(C(=O)N(C)C)=C(C)C1(C)C. The molecule has 0 atom stereocenters. The van der Waals surface area contributed by atoms with Crippen LogP contribution in [0.3, 0.4) is 0 Å². The maximum Gasteiger partial charge on any atom is 0.253 e. The zero-order valence-electron chi connectivity index (χ0n) is 9.93. The molecule has 14 heavy (non-hydrogen) atoms. The monoisotopic (exact) mass is 193 g/mol. The summed E-state index contributed by atoms with van der Waals surface area (Å²) in [6.07, 6.45) is 2.01. The predicted molar refractivity (Wildman–Crippen MR) is 58.9 cm³/mol. The van der Waals surface area contributed by atoms with Crippen LogP contribution in [0.2, 0.25) is 0 Å². The third kappa shape index (κ3) is 1.49. The maximum atomic E-state index is 11.8. The van der Waals surface area contributed by atoms with Crippen LogP contribution in [0.25, 0.3) is 0 Å². The first-order chi connectivity index (χ1) is 6.28. The topological polar surface area (TPSA) is 20.3 Å². The summed E-state index contributed by atoms with van der Waals surface area (Å²) >= 11 is 0. The fourth-order valence-electron chi connectivity index (χ4n) is 1.60. The number of rotatable bonds is 1. The normalized spacial score (nSPS) is 19.7. The highest BCUT2D eigenvalue weighted by Gasteiger charge is 2.32. The second-order valence-corrected chi connectivity index (χ2v) is 4.69. The number of carbonyl (C=O) groups excluding carboxylic acids is 1. The highest BCUT2D eigenvalue weighted by molar-refractivity contribution is 5.98. The zero-order chi connectivity index (χ0) is 11.1. The summed E-state index contributed by atoms with van der Waals surface area (Å²) < 4.78 is 0. The van der Waals surface area contributed by atoms with Gasteiger partial charge in [0.15, 0.2) is 0 Å². The van der Waals surface area contributed by atoms with E-state index in [1.54, 1.807) is 19.0 Å². The van der Waals surface area contributed by atoms with Crippen LogP contribution in [-0.2, 0) is 4.79 Å². The molecule has 0 aliphatic heterocycles. The molecular weight excluding hydrogens is 174 g/mol. The molecule has 2 nitrogen and oxygen atoms in total. The van der Waals surface area contributed by atoms with Crippen molar-refractivity contribution in [2.45, 2.75) is 27.7 Å². The van der Waals surface area contributed by atoms with Crippen molar-refractivity contribution < 1.29 is 4.79 Å². The fourth-order valence-corrected chi connectivity index (χ4v) is 1.60. The number of hydrogen-bond acceptors (Lipinski definition) is 1. The van der Waals surface area contributed by atoms with Crippen LogP contribution >= 0.6 is 0 Å². The molecule has 0 radical (unpaired) electrons. The average molecular weight is 193 g/mol. The largest absolute Gasteiger partial charge is 0.345 e. The number of hydrogen-bond donors (Lipinski definition) is 0. The van der Waals surface area contributed by atoms with Crippen LogP contribution < -0.4 is 0 Å². The van der Waals surface area contributed by atoms with Gasteiger partial charge >= 0.3 is 0 Å². The Morgan fingerprint density at radius 1 is 1.29 bits per heavy atom. The van der Waals surface area contributed by atoms with Gasteiger partial charge in [-0.2, -0.15) is 0 Å². The minimum atomic E-state index is 0.0427. The molecule has 1 amide bonds. The minimum Gasteiger partial charge on any atom is -0.345 e. The summed E-state index contributed by atoms with van der Waals surface area (Å²) in [4.78, 5) is 13.4. The summed E-state index contributed by atoms with van der Waals surface area (Å²) in [7, 11) is 3.58. The van der Waals surface area contributed by atoms with Gasteiger partial charge in [0, 0.05) is 25.1 Å². The van der Waals surface area contributed by atoms with E-state index in [4.69, 9.17) is 0 Å². The van der Waals surface area contributed by atoms with Gasteiger partial charge in [0.25, 0.3) is 5.91 Å². The van der Waals surface area contributed by atoms with Gasteiger partial charge in [0.05, 0.1) is 0 Å². The molecule has 0 spiro atoms. The molecule has 0 aromatic carbocycles. The van der Waals surface area contributed by atoms with E-state index in [1.807, 2.05) is 13.0 Å². The molecule has 1 aliphatic rings. The summed E-state index contributed by atoms with van der Waals surface area (Å²) in [5, 5.41) is 0. The summed E-state index contributed by atoms with van der Waals surface area (Å²) in [6.45, 7) is 8.44. The summed E-state index contributed by atoms with van der Waals surface area (Å²) in [6, 6.07) is 0. The van der Waals surface area contributed by atoms with Crippen LogP contribution in [0, 0.1) is 5.41 Å². The fraction of sp³-hybridized carbons (Fsp3) is 0.583. The molecule has 2 heteroatoms. The van der Waals surface area contributed by atoms with Crippen molar-refractivity contribution >= 4 is 5.91 Å². The Morgan fingerprint density at radius 3 is 2.07 bits per heavy atom. The van der Waals surface area contributed by atoms with Crippen molar-refractivity contribution in [3.63, 3.8) is 0 Å². The lowest BCUT2D eigenvalue weighted by atomic mass is 9.82. The van der Waals surface area contributed by atoms with E-state index in [0.29, 0.717) is 0 Å². The van der Waals surface area contributed by atoms with Crippen molar-refractivity contribution in [1.82, 2.24) is 4.90 Å². The van der Waals surface area contributed by atoms with E-state index in [2.05, 4.69) is 20.8 Å². The van der Waals surface area contributed by atoms with Crippen molar-refractivity contribution in [2.24, 2.45) is 5.41 Å². The van der Waals surface area contributed by atoms with Gasteiger partial charge < -0.3 is 4.90 Å². The Labute approximate surface area is 86.3 Å². The predicted octanol–water partition coefficient (Wildman–Crippen LogP) is 2.38. The van der Waals surface area contributed by atoms with Crippen molar-refractivity contribution in [3.05, 3.63) is 22.8 Å². The molecule has 1 aliphatic carbocycles. The average Bonchev–Trinajstić information content (AvgIpc) is 2.28. The van der Waals surface area contributed by atoms with E-state index in [1.165, 1.54) is 11.1 Å². The van der Waals surface area contributed by atoms with Crippen molar-refractivity contribution in [2.75, 3.05) is 14.1 Å². The van der Waals surface area contributed by atoms with Crippen LogP contribution in [0.5, 0.6) is 0 Å².